The fourth-order valence-corrected chi connectivity index (χ4v) is 4.35. The molecule has 2 aliphatic rings. The van der Waals surface area contributed by atoms with E-state index >= 15 is 0 Å². The Morgan fingerprint density at radius 2 is 2.30 bits per heavy atom. The van der Waals surface area contributed by atoms with Crippen LogP contribution in [0.5, 0.6) is 0 Å². The summed E-state index contributed by atoms with van der Waals surface area (Å²) in [6.45, 7) is 0.670. The SMILES string of the molecule is COC(=O)C1=C2CC(NS(=O)O)CN2C(c2nccs2)=NC1.Fc1cccc(Cl)c1. The second-order valence-corrected chi connectivity index (χ2v) is 8.28. The molecule has 30 heavy (non-hydrogen) atoms. The number of thiazole rings is 1. The van der Waals surface area contributed by atoms with Gasteiger partial charge in [-0.05, 0) is 18.2 Å². The topological polar surface area (TPSA) is 104 Å². The number of carbonyl (C=O) groups excluding carboxylic acids is 1. The number of fused-ring (bicyclic) bond motifs is 1. The highest BCUT2D eigenvalue weighted by Gasteiger charge is 2.37. The van der Waals surface area contributed by atoms with E-state index in [0.717, 1.165) is 10.7 Å². The predicted molar refractivity (Wildman–Crippen MR) is 113 cm³/mol. The van der Waals surface area contributed by atoms with Crippen molar-refractivity contribution in [1.82, 2.24) is 14.6 Å². The van der Waals surface area contributed by atoms with E-state index in [1.54, 1.807) is 18.3 Å². The van der Waals surface area contributed by atoms with E-state index in [9.17, 15) is 13.4 Å². The molecule has 1 saturated heterocycles. The van der Waals surface area contributed by atoms with Crippen LogP contribution in [0.25, 0.3) is 0 Å². The van der Waals surface area contributed by atoms with E-state index in [2.05, 4.69) is 14.7 Å². The number of methoxy groups -OCH3 is 1. The number of nitrogens with zero attached hydrogens (tertiary/aromatic N) is 3. The molecule has 1 aromatic carbocycles. The number of nitrogens with one attached hydrogen (secondary N) is 1. The minimum atomic E-state index is -2.11. The summed E-state index contributed by atoms with van der Waals surface area (Å²) >= 11 is 4.75. The first-order valence-corrected chi connectivity index (χ1v) is 11.1. The van der Waals surface area contributed by atoms with Crippen molar-refractivity contribution < 1.29 is 22.7 Å². The highest BCUT2D eigenvalue weighted by molar-refractivity contribution is 7.77. The van der Waals surface area contributed by atoms with E-state index in [1.165, 1.54) is 30.6 Å². The normalized spacial score (nSPS) is 18.9. The summed E-state index contributed by atoms with van der Waals surface area (Å²) < 4.78 is 39.4. The molecule has 160 valence electrons. The standard InChI is InChI=1S/C12H14N4O4S2.C6H4ClF/c1-20-12(17)8-5-14-10(11-13-2-3-21-11)16-6-7(4-9(8)16)15-22(18)19;7-5-2-1-3-6(8)4-5/h2-3,7,15H,4-6H2,1H3,(H,18,19);1-4H. The molecule has 0 aliphatic carbocycles. The Labute approximate surface area is 183 Å². The summed E-state index contributed by atoms with van der Waals surface area (Å²) in [6, 6.07) is 5.57. The van der Waals surface area contributed by atoms with E-state index in [1.807, 2.05) is 10.3 Å². The van der Waals surface area contributed by atoms with E-state index < -0.39 is 17.2 Å². The van der Waals surface area contributed by atoms with Crippen LogP contribution < -0.4 is 4.72 Å². The molecule has 2 N–H and O–H groups in total. The number of ether oxygens (including phenoxy) is 1. The van der Waals surface area contributed by atoms with Crippen molar-refractivity contribution in [3.63, 3.8) is 0 Å². The maximum Gasteiger partial charge on any atom is 0.337 e. The van der Waals surface area contributed by atoms with Gasteiger partial charge in [-0.15, -0.1) is 11.3 Å². The summed E-state index contributed by atoms with van der Waals surface area (Å²) in [6.07, 6.45) is 2.15. The number of aromatic nitrogens is 1. The molecule has 0 saturated carbocycles. The fraction of sp³-hybridized carbons (Fsp3) is 0.278. The van der Waals surface area contributed by atoms with E-state index in [0.29, 0.717) is 29.4 Å². The van der Waals surface area contributed by atoms with Crippen molar-refractivity contribution in [3.05, 3.63) is 63.0 Å². The highest BCUT2D eigenvalue weighted by Crippen LogP contribution is 2.31. The van der Waals surface area contributed by atoms with E-state index in [4.69, 9.17) is 20.9 Å². The molecule has 12 heteroatoms. The lowest BCUT2D eigenvalue weighted by molar-refractivity contribution is -0.136. The van der Waals surface area contributed by atoms with Gasteiger partial charge in [-0.3, -0.25) is 9.55 Å². The molecule has 3 heterocycles. The van der Waals surface area contributed by atoms with Gasteiger partial charge in [-0.25, -0.2) is 23.1 Å². The third-order valence-corrected chi connectivity index (χ3v) is 5.81. The Hall–Kier alpha value is -2.18. The molecular weight excluding hydrogens is 455 g/mol. The minimum Gasteiger partial charge on any atom is -0.466 e. The van der Waals surface area contributed by atoms with E-state index in [-0.39, 0.29) is 18.4 Å². The van der Waals surface area contributed by atoms with Gasteiger partial charge in [-0.2, -0.15) is 0 Å². The Bertz CT molecular complexity index is 983. The molecule has 2 aliphatic heterocycles. The monoisotopic (exact) mass is 472 g/mol. The first-order chi connectivity index (χ1) is 14.4. The summed E-state index contributed by atoms with van der Waals surface area (Å²) in [5, 5.41) is 3.04. The first kappa shape index (κ1) is 22.5. The van der Waals surface area contributed by atoms with Crippen molar-refractivity contribution in [3.8, 4) is 0 Å². The Kier molecular flexibility index (Phi) is 7.67. The zero-order chi connectivity index (χ0) is 21.7. The van der Waals surface area contributed by atoms with Gasteiger partial charge in [0.1, 0.15) is 5.82 Å². The third-order valence-electron chi connectivity index (χ3n) is 4.27. The number of halogens is 2. The van der Waals surface area contributed by atoms with Crippen molar-refractivity contribution in [2.24, 2.45) is 4.99 Å². The van der Waals surface area contributed by atoms with Crippen LogP contribution in [0.15, 0.2) is 52.1 Å². The molecule has 0 amide bonds. The molecule has 0 radical (unpaired) electrons. The van der Waals surface area contributed by atoms with Gasteiger partial charge in [0.2, 0.25) is 11.3 Å². The molecule has 1 aromatic heterocycles. The van der Waals surface area contributed by atoms with Crippen LogP contribution in [0.2, 0.25) is 5.02 Å². The summed E-state index contributed by atoms with van der Waals surface area (Å²) in [4.78, 5) is 22.5. The number of benzene rings is 1. The van der Waals surface area contributed by atoms with Gasteiger partial charge in [0.25, 0.3) is 0 Å². The van der Waals surface area contributed by atoms with Gasteiger partial charge >= 0.3 is 5.97 Å². The van der Waals surface area contributed by atoms with Crippen molar-refractivity contribution in [2.45, 2.75) is 12.5 Å². The van der Waals surface area contributed by atoms with Crippen LogP contribution in [-0.4, -0.2) is 56.7 Å². The van der Waals surface area contributed by atoms with Gasteiger partial charge in [-0.1, -0.05) is 17.7 Å². The molecule has 8 nitrogen and oxygen atoms in total. The fourth-order valence-electron chi connectivity index (χ4n) is 3.07. The number of esters is 1. The van der Waals surface area contributed by atoms with Gasteiger partial charge in [0.05, 0.1) is 19.2 Å². The predicted octanol–water partition coefficient (Wildman–Crippen LogP) is 2.61. The molecule has 2 unspecified atom stereocenters. The Balaban J connectivity index is 0.000000269. The number of hydrogen-bond acceptors (Lipinski definition) is 7. The van der Waals surface area contributed by atoms with Crippen molar-refractivity contribution in [2.75, 3.05) is 20.2 Å². The molecular formula is C18H18ClFN4O4S2. The highest BCUT2D eigenvalue weighted by atomic mass is 35.5. The van der Waals surface area contributed by atoms with Gasteiger partial charge in [0, 0.05) is 41.3 Å². The molecule has 0 spiro atoms. The lowest BCUT2D eigenvalue weighted by Gasteiger charge is -2.26. The first-order valence-electron chi connectivity index (χ1n) is 8.69. The van der Waals surface area contributed by atoms with Gasteiger partial charge < -0.3 is 9.64 Å². The number of carbonyl (C=O) groups is 1. The largest absolute Gasteiger partial charge is 0.466 e. The summed E-state index contributed by atoms with van der Waals surface area (Å²) in [7, 11) is 1.33. The molecule has 1 fully saturated rings. The van der Waals surface area contributed by atoms with Crippen LogP contribution in [0.3, 0.4) is 0 Å². The maximum atomic E-state index is 12.1. The molecule has 0 bridgehead atoms. The molecule has 2 aromatic rings. The maximum absolute atomic E-state index is 12.1. The zero-order valence-electron chi connectivity index (χ0n) is 15.7. The molecule has 4 rings (SSSR count). The van der Waals surface area contributed by atoms with Crippen LogP contribution in [0.1, 0.15) is 11.4 Å². The number of aliphatic imine (C=N–C) groups is 1. The lowest BCUT2D eigenvalue weighted by Crippen LogP contribution is -2.37. The van der Waals surface area contributed by atoms with Crippen molar-refractivity contribution in [1.29, 1.82) is 0 Å². The van der Waals surface area contributed by atoms with Crippen molar-refractivity contribution >= 4 is 46.0 Å². The number of amidine groups is 1. The lowest BCUT2D eigenvalue weighted by atomic mass is 10.1. The molecule has 2 atom stereocenters. The zero-order valence-corrected chi connectivity index (χ0v) is 18.1. The Morgan fingerprint density at radius 3 is 2.87 bits per heavy atom. The average Bonchev–Trinajstić information content (AvgIpc) is 3.36. The van der Waals surface area contributed by atoms with Gasteiger partial charge in [0.15, 0.2) is 10.8 Å². The quantitative estimate of drug-likeness (QED) is 0.523. The smallest absolute Gasteiger partial charge is 0.337 e. The minimum absolute atomic E-state index is 0.225. The average molecular weight is 473 g/mol. The second kappa shape index (κ2) is 10.2. The van der Waals surface area contributed by atoms with Crippen LogP contribution in [0.4, 0.5) is 4.39 Å². The second-order valence-electron chi connectivity index (χ2n) is 6.21. The summed E-state index contributed by atoms with van der Waals surface area (Å²) in [5.74, 6) is -0.0316. The third kappa shape index (κ3) is 5.49. The summed E-state index contributed by atoms with van der Waals surface area (Å²) in [5.41, 5.74) is 1.26. The number of hydrogen-bond donors (Lipinski definition) is 2. The van der Waals surface area contributed by atoms with Crippen LogP contribution in [-0.2, 0) is 20.8 Å². The Morgan fingerprint density at radius 1 is 1.50 bits per heavy atom. The number of rotatable bonds is 4. The van der Waals surface area contributed by atoms with Crippen LogP contribution in [0, 0.1) is 5.82 Å². The van der Waals surface area contributed by atoms with Crippen LogP contribution >= 0.6 is 22.9 Å².